The van der Waals surface area contributed by atoms with E-state index in [4.69, 9.17) is 14.2 Å². The van der Waals surface area contributed by atoms with E-state index in [0.717, 1.165) is 21.9 Å². The number of carbonyl (C=O) groups excluding carboxylic acids is 4. The van der Waals surface area contributed by atoms with Gasteiger partial charge in [-0.25, -0.2) is 13.2 Å². The molecule has 298 valence electrons. The van der Waals surface area contributed by atoms with Crippen LogP contribution in [0.15, 0.2) is 73.3 Å². The number of benzene rings is 3. The molecule has 2 unspecified atom stereocenters. The first-order chi connectivity index (χ1) is 26.4. The third kappa shape index (κ3) is 8.07. The highest BCUT2D eigenvalue weighted by Crippen LogP contribution is 2.46. The van der Waals surface area contributed by atoms with Gasteiger partial charge in [-0.15, -0.1) is 6.58 Å². The average molecular weight is 787 g/mol. The van der Waals surface area contributed by atoms with Gasteiger partial charge in [0.05, 0.1) is 18.4 Å². The Kier molecular flexibility index (Phi) is 10.1. The number of sulfonamides is 1. The molecule has 3 N–H and O–H groups in total. The molecule has 3 fully saturated rings. The van der Waals surface area contributed by atoms with Crippen molar-refractivity contribution in [2.24, 2.45) is 16.7 Å². The third-order valence-electron chi connectivity index (χ3n) is 11.0. The number of nitrogens with one attached hydrogen (secondary N) is 3. The third-order valence-corrected chi connectivity index (χ3v) is 12.8. The topological polar surface area (TPSA) is 169 Å². The maximum Gasteiger partial charge on any atom is 0.407 e. The normalized spacial score (nSPS) is 26.6. The van der Waals surface area contributed by atoms with Crippen LogP contribution < -0.4 is 24.8 Å². The highest BCUT2D eigenvalue weighted by atomic mass is 32.2. The van der Waals surface area contributed by atoms with Crippen molar-refractivity contribution < 1.29 is 41.8 Å². The SMILES string of the molecule is C=C[C@@H]1CC1(NC(=O)[C@@H]1CC2CN1C(=O)[C@H](C(C)(C)C)NC(=O)OCC(C)(C)COc1cccc(c1)-c1cc3ccccc3cc1O2)C(=O)NS(=O)(=O)C1CC1. The molecular formula is C42H50N4O9S. The molecule has 1 saturated heterocycles. The Balaban J connectivity index is 1.27. The van der Waals surface area contributed by atoms with Gasteiger partial charge in [-0.1, -0.05) is 77.1 Å². The summed E-state index contributed by atoms with van der Waals surface area (Å²) in [4.78, 5) is 57.5. The molecule has 3 aromatic rings. The summed E-state index contributed by atoms with van der Waals surface area (Å²) in [7, 11) is -3.91. The van der Waals surface area contributed by atoms with E-state index in [2.05, 4.69) is 21.9 Å². The molecule has 56 heavy (non-hydrogen) atoms. The van der Waals surface area contributed by atoms with E-state index >= 15 is 0 Å². The molecule has 4 amide bonds. The Morgan fingerprint density at radius 2 is 1.68 bits per heavy atom. The number of carbonyl (C=O) groups is 4. The highest BCUT2D eigenvalue weighted by Gasteiger charge is 2.62. The Morgan fingerprint density at radius 3 is 2.34 bits per heavy atom. The summed E-state index contributed by atoms with van der Waals surface area (Å²) in [6.07, 6.45) is 1.11. The number of hydrogen-bond donors (Lipinski definition) is 3. The van der Waals surface area contributed by atoms with E-state index in [1.54, 1.807) is 20.8 Å². The Labute approximate surface area is 327 Å². The number of nitrogens with zero attached hydrogens (tertiary/aromatic N) is 1. The summed E-state index contributed by atoms with van der Waals surface area (Å²) < 4.78 is 46.4. The lowest BCUT2D eigenvalue weighted by Gasteiger charge is -2.35. The van der Waals surface area contributed by atoms with Crippen LogP contribution in [0.1, 0.15) is 60.3 Å². The minimum absolute atomic E-state index is 0.00581. The Morgan fingerprint density at radius 1 is 0.982 bits per heavy atom. The molecule has 5 atom stereocenters. The maximum atomic E-state index is 14.7. The zero-order valence-corrected chi connectivity index (χ0v) is 33.2. The van der Waals surface area contributed by atoms with Gasteiger partial charge in [0.25, 0.3) is 5.91 Å². The Bertz CT molecular complexity index is 2190. The molecular weight excluding hydrogens is 737 g/mol. The first kappa shape index (κ1) is 39.1. The van der Waals surface area contributed by atoms with Crippen LogP contribution in [-0.2, 0) is 29.1 Å². The van der Waals surface area contributed by atoms with E-state index in [0.29, 0.717) is 24.3 Å². The minimum Gasteiger partial charge on any atom is -0.493 e. The summed E-state index contributed by atoms with van der Waals surface area (Å²) in [6.45, 7) is 13.2. The van der Waals surface area contributed by atoms with Gasteiger partial charge in [0.1, 0.15) is 41.8 Å². The van der Waals surface area contributed by atoms with Gasteiger partial charge >= 0.3 is 6.09 Å². The second-order valence-electron chi connectivity index (χ2n) is 17.4. The minimum atomic E-state index is -3.91. The fraction of sp³-hybridized carbons (Fsp3) is 0.476. The largest absolute Gasteiger partial charge is 0.493 e. The van der Waals surface area contributed by atoms with E-state index in [9.17, 15) is 27.6 Å². The quantitative estimate of drug-likeness (QED) is 0.289. The molecule has 14 heteroatoms. The zero-order chi connectivity index (χ0) is 40.2. The highest BCUT2D eigenvalue weighted by molar-refractivity contribution is 7.91. The van der Waals surface area contributed by atoms with Crippen LogP contribution in [0.2, 0.25) is 0 Å². The van der Waals surface area contributed by atoms with Crippen molar-refractivity contribution in [2.75, 3.05) is 19.8 Å². The van der Waals surface area contributed by atoms with Gasteiger partial charge in [0, 0.05) is 23.3 Å². The second-order valence-corrected chi connectivity index (χ2v) is 19.3. The molecule has 2 heterocycles. The molecule has 13 nitrogen and oxygen atoms in total. The molecule has 2 aliphatic carbocycles. The molecule has 3 aromatic carbocycles. The van der Waals surface area contributed by atoms with Crippen LogP contribution in [0.4, 0.5) is 4.79 Å². The number of amides is 4. The van der Waals surface area contributed by atoms with E-state index in [-0.39, 0.29) is 32.6 Å². The smallest absolute Gasteiger partial charge is 0.407 e. The predicted molar refractivity (Wildman–Crippen MR) is 210 cm³/mol. The average Bonchev–Trinajstić information content (AvgIpc) is 4.08. The molecule has 2 aliphatic heterocycles. The number of ether oxygens (including phenoxy) is 3. The van der Waals surface area contributed by atoms with Crippen LogP contribution in [0.25, 0.3) is 21.9 Å². The number of cyclic esters (lactones) is 1. The van der Waals surface area contributed by atoms with Crippen LogP contribution in [0.5, 0.6) is 11.5 Å². The van der Waals surface area contributed by atoms with Crippen molar-refractivity contribution in [3.8, 4) is 22.6 Å². The van der Waals surface area contributed by atoms with Gasteiger partial charge in [-0.05, 0) is 65.3 Å². The van der Waals surface area contributed by atoms with Crippen molar-refractivity contribution in [1.82, 2.24) is 20.3 Å². The zero-order valence-electron chi connectivity index (χ0n) is 32.4. The first-order valence-electron chi connectivity index (χ1n) is 19.1. The summed E-state index contributed by atoms with van der Waals surface area (Å²) in [5.74, 6) is -1.41. The first-order valence-corrected chi connectivity index (χ1v) is 20.6. The van der Waals surface area contributed by atoms with Crippen LogP contribution in [0.3, 0.4) is 0 Å². The van der Waals surface area contributed by atoms with Crippen molar-refractivity contribution in [2.45, 2.75) is 89.3 Å². The van der Waals surface area contributed by atoms with Crippen molar-refractivity contribution in [3.05, 3.63) is 73.3 Å². The van der Waals surface area contributed by atoms with Gasteiger partial charge in [0.2, 0.25) is 21.8 Å². The molecule has 4 bridgehead atoms. The fourth-order valence-electron chi connectivity index (χ4n) is 7.42. The van der Waals surface area contributed by atoms with Gasteiger partial charge in [-0.2, -0.15) is 0 Å². The molecule has 2 saturated carbocycles. The molecule has 0 spiro atoms. The Hall–Kier alpha value is -5.11. The lowest BCUT2D eigenvalue weighted by molar-refractivity contribution is -0.142. The van der Waals surface area contributed by atoms with Gasteiger partial charge in [-0.3, -0.25) is 19.1 Å². The van der Waals surface area contributed by atoms with Crippen LogP contribution in [0, 0.1) is 16.7 Å². The summed E-state index contributed by atoms with van der Waals surface area (Å²) >= 11 is 0. The molecule has 0 aromatic heterocycles. The van der Waals surface area contributed by atoms with E-state index < -0.39 is 79.6 Å². The summed E-state index contributed by atoms with van der Waals surface area (Å²) in [6, 6.07) is 17.2. The number of rotatable bonds is 6. The second kappa shape index (κ2) is 14.4. The summed E-state index contributed by atoms with van der Waals surface area (Å²) in [5, 5.41) is 6.86. The van der Waals surface area contributed by atoms with Crippen molar-refractivity contribution in [1.29, 1.82) is 0 Å². The van der Waals surface area contributed by atoms with E-state index in [1.165, 1.54) is 11.0 Å². The summed E-state index contributed by atoms with van der Waals surface area (Å²) in [5.41, 5.74) is -1.38. The van der Waals surface area contributed by atoms with E-state index in [1.807, 2.05) is 74.5 Å². The van der Waals surface area contributed by atoms with Crippen molar-refractivity contribution >= 4 is 44.6 Å². The fourth-order valence-corrected chi connectivity index (χ4v) is 8.79. The van der Waals surface area contributed by atoms with Crippen LogP contribution in [-0.4, -0.2) is 85.9 Å². The predicted octanol–water partition coefficient (Wildman–Crippen LogP) is 5.08. The van der Waals surface area contributed by atoms with Gasteiger partial charge < -0.3 is 29.7 Å². The van der Waals surface area contributed by atoms with Crippen molar-refractivity contribution in [3.63, 3.8) is 0 Å². The monoisotopic (exact) mass is 786 g/mol. The number of hydrogen-bond acceptors (Lipinski definition) is 9. The van der Waals surface area contributed by atoms with Crippen LogP contribution >= 0.6 is 0 Å². The number of fused-ring (bicyclic) bond motifs is 7. The molecule has 0 radical (unpaired) electrons. The standard InChI is InChI=1S/C42H50N4O9S/c1-7-28-21-42(28,38(49)45-56(51,52)31-15-16-31)44-36(47)33-20-30-22-46(33)37(48)35(40(2,3)4)43-39(50)54-24-41(5,6)23-53-29-14-10-13-27(17-29)32-18-25-11-8-9-12-26(25)19-34(32)55-30/h7-14,17-19,28,30-31,33,35H,1,15-16,20-24H2,2-6H3,(H,43,50)(H,44,47)(H,45,49)/t28-,30?,33+,35-,42?/m1/s1. The molecule has 7 rings (SSSR count). The lowest BCUT2D eigenvalue weighted by Crippen LogP contribution is -2.60. The lowest BCUT2D eigenvalue weighted by atomic mass is 9.85. The number of alkyl carbamates (subject to hydrolysis) is 1. The van der Waals surface area contributed by atoms with Gasteiger partial charge in [0.15, 0.2) is 0 Å². The maximum absolute atomic E-state index is 14.7. The molecule has 4 aliphatic rings.